The molecule has 0 aliphatic carbocycles. The summed E-state index contributed by atoms with van der Waals surface area (Å²) >= 11 is 3.28. The summed E-state index contributed by atoms with van der Waals surface area (Å²) in [4.78, 5) is 20.3. The van der Waals surface area contributed by atoms with Crippen molar-refractivity contribution in [2.45, 2.75) is 25.8 Å². The largest absolute Gasteiger partial charge is 0.381 e. The lowest BCUT2D eigenvalue weighted by molar-refractivity contribution is -0.129. The lowest BCUT2D eigenvalue weighted by Gasteiger charge is -2.23. The van der Waals surface area contributed by atoms with Gasteiger partial charge in [-0.15, -0.1) is 0 Å². The normalized spacial score (nSPS) is 21.3. The van der Waals surface area contributed by atoms with Gasteiger partial charge in [0.05, 0.1) is 23.0 Å². The molecule has 1 fully saturated rings. The molecule has 0 bridgehead atoms. The fraction of sp³-hybridized carbons (Fsp3) is 0.583. The molecule has 0 saturated carbocycles. The molecule has 1 aromatic rings. The van der Waals surface area contributed by atoms with Crippen molar-refractivity contribution in [1.82, 2.24) is 15.3 Å². The van der Waals surface area contributed by atoms with Gasteiger partial charge < -0.3 is 10.1 Å². The van der Waals surface area contributed by atoms with Crippen LogP contribution < -0.4 is 5.32 Å². The van der Waals surface area contributed by atoms with E-state index in [9.17, 15) is 4.79 Å². The fourth-order valence-corrected chi connectivity index (χ4v) is 2.09. The predicted octanol–water partition coefficient (Wildman–Crippen LogP) is 1.84. The zero-order valence-electron chi connectivity index (χ0n) is 10.2. The summed E-state index contributed by atoms with van der Waals surface area (Å²) in [7, 11) is 0. The highest BCUT2D eigenvalue weighted by atomic mass is 79.9. The first-order valence-electron chi connectivity index (χ1n) is 6.02. The van der Waals surface area contributed by atoms with Crippen molar-refractivity contribution in [2.75, 3.05) is 13.2 Å². The Bertz CT molecular complexity index is 404. The first-order chi connectivity index (χ1) is 8.66. The second kappa shape index (κ2) is 6.24. The third-order valence-corrected chi connectivity index (χ3v) is 3.33. The number of nitrogens with one attached hydrogen (secondary N) is 1. The number of carbonyl (C=O) groups excluding carboxylic acids is 1. The molecular weight excluding hydrogens is 298 g/mol. The molecule has 1 amide bonds. The van der Waals surface area contributed by atoms with Gasteiger partial charge in [0.1, 0.15) is 5.82 Å². The second-order valence-corrected chi connectivity index (χ2v) is 5.32. The van der Waals surface area contributed by atoms with E-state index in [0.717, 1.165) is 23.9 Å². The number of halogens is 1. The van der Waals surface area contributed by atoms with Crippen LogP contribution >= 0.6 is 15.9 Å². The van der Waals surface area contributed by atoms with Crippen molar-refractivity contribution in [2.24, 2.45) is 5.92 Å². The SMILES string of the molecule is C[C@H](NC(=O)[C@@H]1CCCOC1)c1ncc(Br)cn1. The lowest BCUT2D eigenvalue weighted by atomic mass is 10.0. The van der Waals surface area contributed by atoms with Gasteiger partial charge >= 0.3 is 0 Å². The zero-order chi connectivity index (χ0) is 13.0. The molecule has 1 aliphatic rings. The number of nitrogens with zero attached hydrogens (tertiary/aromatic N) is 2. The van der Waals surface area contributed by atoms with E-state index in [1.807, 2.05) is 6.92 Å². The van der Waals surface area contributed by atoms with E-state index in [0.29, 0.717) is 12.4 Å². The van der Waals surface area contributed by atoms with Gasteiger partial charge in [-0.1, -0.05) is 0 Å². The maximum absolute atomic E-state index is 12.0. The fourth-order valence-electron chi connectivity index (χ4n) is 1.89. The van der Waals surface area contributed by atoms with E-state index < -0.39 is 0 Å². The smallest absolute Gasteiger partial charge is 0.226 e. The summed E-state index contributed by atoms with van der Waals surface area (Å²) in [6, 6.07) is -0.187. The molecule has 1 aromatic heterocycles. The molecule has 2 atom stereocenters. The summed E-state index contributed by atoms with van der Waals surface area (Å²) in [5.41, 5.74) is 0. The molecule has 2 heterocycles. The van der Waals surface area contributed by atoms with Crippen LogP contribution in [0.3, 0.4) is 0 Å². The molecule has 0 aromatic carbocycles. The number of ether oxygens (including phenoxy) is 1. The van der Waals surface area contributed by atoms with Crippen LogP contribution in [0.1, 0.15) is 31.6 Å². The Hall–Kier alpha value is -1.01. The lowest BCUT2D eigenvalue weighted by Crippen LogP contribution is -2.37. The summed E-state index contributed by atoms with van der Waals surface area (Å²) < 4.78 is 6.13. The number of hydrogen-bond donors (Lipinski definition) is 1. The molecule has 0 unspecified atom stereocenters. The maximum Gasteiger partial charge on any atom is 0.226 e. The third kappa shape index (κ3) is 3.49. The zero-order valence-corrected chi connectivity index (χ0v) is 11.8. The van der Waals surface area contributed by atoms with Gasteiger partial charge in [-0.25, -0.2) is 9.97 Å². The first-order valence-corrected chi connectivity index (χ1v) is 6.81. The summed E-state index contributed by atoms with van der Waals surface area (Å²) in [6.07, 6.45) is 5.18. The van der Waals surface area contributed by atoms with Crippen LogP contribution in [0.4, 0.5) is 0 Å². The Balaban J connectivity index is 1.91. The van der Waals surface area contributed by atoms with Gasteiger partial charge in [-0.05, 0) is 35.7 Å². The third-order valence-electron chi connectivity index (χ3n) is 2.92. The molecule has 0 radical (unpaired) electrons. The monoisotopic (exact) mass is 313 g/mol. The van der Waals surface area contributed by atoms with E-state index in [1.54, 1.807) is 12.4 Å². The van der Waals surface area contributed by atoms with E-state index in [-0.39, 0.29) is 17.9 Å². The highest BCUT2D eigenvalue weighted by Gasteiger charge is 2.23. The van der Waals surface area contributed by atoms with Gasteiger partial charge in [0, 0.05) is 19.0 Å². The van der Waals surface area contributed by atoms with Gasteiger partial charge in [0.25, 0.3) is 0 Å². The number of carbonyl (C=O) groups is 1. The van der Waals surface area contributed by atoms with E-state index in [1.165, 1.54) is 0 Å². The predicted molar refractivity (Wildman–Crippen MR) is 69.8 cm³/mol. The van der Waals surface area contributed by atoms with Crippen LogP contribution in [0.5, 0.6) is 0 Å². The van der Waals surface area contributed by atoms with Crippen LogP contribution in [0, 0.1) is 5.92 Å². The summed E-state index contributed by atoms with van der Waals surface area (Å²) in [6.45, 7) is 3.15. The number of amides is 1. The molecule has 1 aliphatic heterocycles. The molecule has 6 heteroatoms. The average Bonchev–Trinajstić information content (AvgIpc) is 2.40. The molecular formula is C12H16BrN3O2. The van der Waals surface area contributed by atoms with Gasteiger partial charge in [-0.2, -0.15) is 0 Å². The minimum atomic E-state index is -0.187. The molecule has 0 spiro atoms. The van der Waals surface area contributed by atoms with E-state index in [2.05, 4.69) is 31.2 Å². The number of hydrogen-bond acceptors (Lipinski definition) is 4. The maximum atomic E-state index is 12.0. The topological polar surface area (TPSA) is 64.1 Å². The Morgan fingerprint density at radius 3 is 2.89 bits per heavy atom. The van der Waals surface area contributed by atoms with Gasteiger partial charge in [-0.3, -0.25) is 4.79 Å². The average molecular weight is 314 g/mol. The minimum absolute atomic E-state index is 0.0220. The standard InChI is InChI=1S/C12H16BrN3O2/c1-8(11-14-5-10(13)6-15-11)16-12(17)9-3-2-4-18-7-9/h5-6,8-9H,2-4,7H2,1H3,(H,16,17)/t8-,9+/m0/s1. The highest BCUT2D eigenvalue weighted by molar-refractivity contribution is 9.10. The van der Waals surface area contributed by atoms with Crippen molar-refractivity contribution in [3.8, 4) is 0 Å². The first kappa shape index (κ1) is 13.4. The molecule has 18 heavy (non-hydrogen) atoms. The minimum Gasteiger partial charge on any atom is -0.381 e. The molecule has 1 N–H and O–H groups in total. The quantitative estimate of drug-likeness (QED) is 0.925. The summed E-state index contributed by atoms with van der Waals surface area (Å²) in [5.74, 6) is 0.591. The van der Waals surface area contributed by atoms with Crippen molar-refractivity contribution in [3.05, 3.63) is 22.7 Å². The number of rotatable bonds is 3. The Kier molecular flexibility index (Phi) is 4.66. The molecule has 5 nitrogen and oxygen atoms in total. The van der Waals surface area contributed by atoms with Gasteiger partial charge in [0.2, 0.25) is 5.91 Å². The molecule has 98 valence electrons. The van der Waals surface area contributed by atoms with Crippen molar-refractivity contribution in [3.63, 3.8) is 0 Å². The highest BCUT2D eigenvalue weighted by Crippen LogP contribution is 2.16. The van der Waals surface area contributed by atoms with E-state index >= 15 is 0 Å². The Morgan fingerprint density at radius 1 is 1.56 bits per heavy atom. The summed E-state index contributed by atoms with van der Waals surface area (Å²) in [5, 5.41) is 2.93. The van der Waals surface area contributed by atoms with Crippen molar-refractivity contribution >= 4 is 21.8 Å². The molecule has 1 saturated heterocycles. The number of aromatic nitrogens is 2. The Morgan fingerprint density at radius 2 is 2.28 bits per heavy atom. The van der Waals surface area contributed by atoms with Crippen molar-refractivity contribution in [1.29, 1.82) is 0 Å². The van der Waals surface area contributed by atoms with Gasteiger partial charge in [0.15, 0.2) is 0 Å². The molecule has 2 rings (SSSR count). The van der Waals surface area contributed by atoms with E-state index in [4.69, 9.17) is 4.74 Å². The van der Waals surface area contributed by atoms with Crippen LogP contribution in [0.25, 0.3) is 0 Å². The van der Waals surface area contributed by atoms with Crippen LogP contribution in [0.2, 0.25) is 0 Å². The van der Waals surface area contributed by atoms with Crippen LogP contribution in [-0.2, 0) is 9.53 Å². The van der Waals surface area contributed by atoms with Crippen molar-refractivity contribution < 1.29 is 9.53 Å². The Labute approximate surface area is 114 Å². The van der Waals surface area contributed by atoms with Crippen LogP contribution in [0.15, 0.2) is 16.9 Å². The van der Waals surface area contributed by atoms with Crippen LogP contribution in [-0.4, -0.2) is 29.1 Å². The second-order valence-electron chi connectivity index (χ2n) is 4.40.